The van der Waals surface area contributed by atoms with E-state index in [0.29, 0.717) is 27.3 Å². The number of fused-ring (bicyclic) bond motifs is 1. The molecule has 0 bridgehead atoms. The highest BCUT2D eigenvalue weighted by molar-refractivity contribution is 7.18. The lowest BCUT2D eigenvalue weighted by Gasteiger charge is -2.05. The van der Waals surface area contributed by atoms with E-state index in [1.165, 1.54) is 29.5 Å². The van der Waals surface area contributed by atoms with Crippen molar-refractivity contribution in [1.82, 2.24) is 10.2 Å². The number of aromatic amines is 1. The molecule has 0 spiro atoms. The Kier molecular flexibility index (Phi) is 5.24. The molecule has 0 fully saturated rings. The van der Waals surface area contributed by atoms with E-state index in [0.717, 1.165) is 10.9 Å². The third-order valence-electron chi connectivity index (χ3n) is 4.28. The predicted octanol–water partition coefficient (Wildman–Crippen LogP) is 4.07. The van der Waals surface area contributed by atoms with Gasteiger partial charge >= 0.3 is 0 Å². The van der Waals surface area contributed by atoms with Gasteiger partial charge in [-0.1, -0.05) is 18.2 Å². The molecule has 4 aromatic rings. The molecule has 9 heteroatoms. The second-order valence-electron chi connectivity index (χ2n) is 6.38. The molecule has 2 aromatic heterocycles. The number of thiophene rings is 1. The van der Waals surface area contributed by atoms with Crippen LogP contribution in [0.25, 0.3) is 10.2 Å². The first-order valence-corrected chi connectivity index (χ1v) is 9.68. The summed E-state index contributed by atoms with van der Waals surface area (Å²) in [7, 11) is 0. The normalized spacial score (nSPS) is 10.5. The van der Waals surface area contributed by atoms with Gasteiger partial charge in [-0.2, -0.15) is 10.4 Å². The number of nitrogens with one attached hydrogen (secondary N) is 3. The van der Waals surface area contributed by atoms with Crippen LogP contribution in [0.15, 0.2) is 54.6 Å². The van der Waals surface area contributed by atoms with Gasteiger partial charge in [0.05, 0.1) is 23.1 Å². The fraction of sp³-hybridized carbons (Fsp3) is 0.0476. The van der Waals surface area contributed by atoms with Gasteiger partial charge in [0.1, 0.15) is 22.5 Å². The number of benzene rings is 2. The highest BCUT2D eigenvalue weighted by Gasteiger charge is 2.16. The lowest BCUT2D eigenvalue weighted by molar-refractivity contribution is -0.115. The average molecular weight is 419 g/mol. The third-order valence-corrected chi connectivity index (χ3v) is 5.31. The molecule has 4 rings (SSSR count). The molecule has 0 saturated heterocycles. The predicted molar refractivity (Wildman–Crippen MR) is 112 cm³/mol. The molecule has 30 heavy (non-hydrogen) atoms. The first kappa shape index (κ1) is 19.3. The maximum atomic E-state index is 13.3. The second kappa shape index (κ2) is 8.14. The van der Waals surface area contributed by atoms with Gasteiger partial charge in [-0.3, -0.25) is 14.7 Å². The summed E-state index contributed by atoms with van der Waals surface area (Å²) in [5.41, 5.74) is 1.02. The Labute approximate surface area is 174 Å². The first-order valence-electron chi connectivity index (χ1n) is 8.86. The van der Waals surface area contributed by atoms with E-state index in [1.54, 1.807) is 30.3 Å². The molecule has 0 aliphatic heterocycles. The number of aromatic nitrogens is 2. The average Bonchev–Trinajstić information content (AvgIpc) is 3.29. The van der Waals surface area contributed by atoms with Crippen molar-refractivity contribution >= 4 is 44.9 Å². The van der Waals surface area contributed by atoms with Crippen molar-refractivity contribution in [3.63, 3.8) is 0 Å². The number of anilines is 2. The monoisotopic (exact) mass is 419 g/mol. The number of hydrogen-bond donors (Lipinski definition) is 3. The van der Waals surface area contributed by atoms with Crippen molar-refractivity contribution in [3.8, 4) is 6.07 Å². The molecule has 2 heterocycles. The Balaban J connectivity index is 1.48. The fourth-order valence-corrected chi connectivity index (χ4v) is 3.89. The topological polar surface area (TPSA) is 111 Å². The highest BCUT2D eigenvalue weighted by Crippen LogP contribution is 2.30. The number of hydrogen-bond acceptors (Lipinski definition) is 5. The molecule has 0 unspecified atom stereocenters. The molecular formula is C21H14FN5O2S. The van der Waals surface area contributed by atoms with E-state index < -0.39 is 11.7 Å². The van der Waals surface area contributed by atoms with Crippen LogP contribution >= 0.6 is 11.3 Å². The summed E-state index contributed by atoms with van der Waals surface area (Å²) in [4.78, 5) is 26.1. The number of nitriles is 1. The minimum absolute atomic E-state index is 0.0953. The molecular weight excluding hydrogens is 405 g/mol. The van der Waals surface area contributed by atoms with Gasteiger partial charge in [-0.05, 0) is 36.4 Å². The van der Waals surface area contributed by atoms with Crippen LogP contribution in [-0.2, 0) is 11.2 Å². The van der Waals surface area contributed by atoms with Crippen molar-refractivity contribution in [1.29, 1.82) is 5.26 Å². The zero-order valence-electron chi connectivity index (χ0n) is 15.4. The number of halogens is 1. The van der Waals surface area contributed by atoms with Crippen LogP contribution in [0.2, 0.25) is 0 Å². The summed E-state index contributed by atoms with van der Waals surface area (Å²) in [6, 6.07) is 15.9. The third kappa shape index (κ3) is 4.04. The summed E-state index contributed by atoms with van der Waals surface area (Å²) < 4.78 is 13.3. The SMILES string of the molecule is N#Cc1ccccc1NC(=O)Cc1cc2c(NC(=O)c3cccc(F)c3)[nH]nc2s1. The Morgan fingerprint density at radius 1 is 1.13 bits per heavy atom. The van der Waals surface area contributed by atoms with Gasteiger partial charge in [0.15, 0.2) is 0 Å². The smallest absolute Gasteiger partial charge is 0.256 e. The number of para-hydroxylation sites is 1. The van der Waals surface area contributed by atoms with Crippen LogP contribution in [0.5, 0.6) is 0 Å². The van der Waals surface area contributed by atoms with Crippen molar-refractivity contribution in [2.45, 2.75) is 6.42 Å². The summed E-state index contributed by atoms with van der Waals surface area (Å²) in [5, 5.41) is 22.1. The van der Waals surface area contributed by atoms with E-state index in [9.17, 15) is 14.0 Å². The molecule has 7 nitrogen and oxygen atoms in total. The van der Waals surface area contributed by atoms with Crippen LogP contribution in [0.3, 0.4) is 0 Å². The number of nitrogens with zero attached hydrogens (tertiary/aromatic N) is 2. The lowest BCUT2D eigenvalue weighted by atomic mass is 10.2. The van der Waals surface area contributed by atoms with E-state index >= 15 is 0 Å². The molecule has 3 N–H and O–H groups in total. The van der Waals surface area contributed by atoms with E-state index in [-0.39, 0.29) is 17.9 Å². The Morgan fingerprint density at radius 3 is 2.77 bits per heavy atom. The van der Waals surface area contributed by atoms with E-state index in [4.69, 9.17) is 5.26 Å². The molecule has 0 atom stereocenters. The molecule has 148 valence electrons. The van der Waals surface area contributed by atoms with Gasteiger partial charge in [-0.25, -0.2) is 4.39 Å². The minimum Gasteiger partial charge on any atom is -0.325 e. The number of H-pyrrole nitrogens is 1. The Morgan fingerprint density at radius 2 is 1.97 bits per heavy atom. The van der Waals surface area contributed by atoms with Gasteiger partial charge in [0.2, 0.25) is 5.91 Å². The number of carbonyl (C=O) groups excluding carboxylic acids is 2. The highest BCUT2D eigenvalue weighted by atomic mass is 32.1. The second-order valence-corrected chi connectivity index (χ2v) is 7.49. The van der Waals surface area contributed by atoms with Gasteiger partial charge in [0, 0.05) is 10.4 Å². The fourth-order valence-electron chi connectivity index (χ4n) is 2.90. The quantitative estimate of drug-likeness (QED) is 0.453. The van der Waals surface area contributed by atoms with Crippen molar-refractivity contribution < 1.29 is 14.0 Å². The van der Waals surface area contributed by atoms with Gasteiger partial charge in [0.25, 0.3) is 5.91 Å². The van der Waals surface area contributed by atoms with Crippen LogP contribution < -0.4 is 10.6 Å². The van der Waals surface area contributed by atoms with Crippen molar-refractivity contribution in [2.75, 3.05) is 10.6 Å². The first-order chi connectivity index (χ1) is 14.5. The molecule has 0 aliphatic rings. The maximum absolute atomic E-state index is 13.3. The summed E-state index contributed by atoms with van der Waals surface area (Å²) in [6.07, 6.45) is 0.0953. The molecule has 0 saturated carbocycles. The standard InChI is InChI=1S/C21H14FN5O2S/c22-14-6-3-5-12(8-14)20(29)25-19-16-9-15(30-21(16)27-26-19)10-18(28)24-17-7-2-1-4-13(17)11-23/h1-9H,10H2,(H,24,28)(H2,25,26,27,29). The largest absolute Gasteiger partial charge is 0.325 e. The van der Waals surface area contributed by atoms with Gasteiger partial charge < -0.3 is 10.6 Å². The number of carbonyl (C=O) groups is 2. The molecule has 0 radical (unpaired) electrons. The van der Waals surface area contributed by atoms with Crippen LogP contribution in [0, 0.1) is 17.1 Å². The molecule has 2 amide bonds. The Bertz CT molecular complexity index is 1300. The van der Waals surface area contributed by atoms with Crippen LogP contribution in [0.1, 0.15) is 20.8 Å². The van der Waals surface area contributed by atoms with Crippen molar-refractivity contribution in [2.24, 2.45) is 0 Å². The van der Waals surface area contributed by atoms with Crippen molar-refractivity contribution in [3.05, 3.63) is 76.4 Å². The summed E-state index contributed by atoms with van der Waals surface area (Å²) in [5.74, 6) is -0.870. The minimum atomic E-state index is -0.501. The molecule has 0 aliphatic carbocycles. The molecule has 2 aromatic carbocycles. The van der Waals surface area contributed by atoms with Crippen LogP contribution in [-0.4, -0.2) is 22.0 Å². The number of amides is 2. The van der Waals surface area contributed by atoms with E-state index in [2.05, 4.69) is 20.8 Å². The maximum Gasteiger partial charge on any atom is 0.256 e. The Hall–Kier alpha value is -4.03. The zero-order valence-corrected chi connectivity index (χ0v) is 16.2. The van der Waals surface area contributed by atoms with E-state index in [1.807, 2.05) is 6.07 Å². The van der Waals surface area contributed by atoms with Gasteiger partial charge in [-0.15, -0.1) is 11.3 Å². The summed E-state index contributed by atoms with van der Waals surface area (Å²) in [6.45, 7) is 0. The van der Waals surface area contributed by atoms with Crippen LogP contribution in [0.4, 0.5) is 15.9 Å². The number of rotatable bonds is 5. The zero-order chi connectivity index (χ0) is 21.1. The summed E-state index contributed by atoms with van der Waals surface area (Å²) >= 11 is 1.31. The lowest BCUT2D eigenvalue weighted by Crippen LogP contribution is -2.14.